The summed E-state index contributed by atoms with van der Waals surface area (Å²) in [5.74, 6) is 0.641. The molecule has 6 nitrogen and oxygen atoms in total. The fourth-order valence-electron chi connectivity index (χ4n) is 2.00. The van der Waals surface area contributed by atoms with Crippen LogP contribution in [0.15, 0.2) is 15.5 Å². The molecule has 0 saturated carbocycles. The van der Waals surface area contributed by atoms with Gasteiger partial charge >= 0.3 is 0 Å². The maximum absolute atomic E-state index is 12.3. The van der Waals surface area contributed by atoms with Gasteiger partial charge in [-0.1, -0.05) is 6.92 Å². The summed E-state index contributed by atoms with van der Waals surface area (Å²) in [6.07, 6.45) is 2.59. The van der Waals surface area contributed by atoms with Gasteiger partial charge in [-0.05, 0) is 20.3 Å². The number of carbonyl (C=O) groups is 1. The van der Waals surface area contributed by atoms with Crippen molar-refractivity contribution in [2.75, 3.05) is 6.54 Å². The van der Waals surface area contributed by atoms with Crippen molar-refractivity contribution >= 4 is 17.0 Å². The number of carbonyl (C=O) groups excluding carboxylic acids is 1. The second-order valence-electron chi connectivity index (χ2n) is 4.81. The number of amides is 1. The van der Waals surface area contributed by atoms with Crippen molar-refractivity contribution in [1.29, 1.82) is 0 Å². The molecule has 2 aromatic rings. The van der Waals surface area contributed by atoms with Crippen LogP contribution in [-0.2, 0) is 11.3 Å². The fraction of sp³-hybridized carbons (Fsp3) is 0.500. The highest BCUT2D eigenvalue weighted by Crippen LogP contribution is 2.18. The molecule has 0 radical (unpaired) electrons. The molecule has 2 aromatic heterocycles. The molecule has 0 aliphatic carbocycles. The molecule has 2 heterocycles. The maximum atomic E-state index is 12.3. The van der Waals surface area contributed by atoms with Gasteiger partial charge in [0.1, 0.15) is 17.5 Å². The molecule has 1 amide bonds. The van der Waals surface area contributed by atoms with E-state index in [0.717, 1.165) is 12.0 Å². The van der Waals surface area contributed by atoms with E-state index in [2.05, 4.69) is 10.3 Å². The van der Waals surface area contributed by atoms with Crippen molar-refractivity contribution in [2.24, 2.45) is 0 Å². The number of rotatable bonds is 5. The first kappa shape index (κ1) is 14.3. The minimum Gasteiger partial charge on any atom is -0.443 e. The lowest BCUT2D eigenvalue weighted by Gasteiger charge is -2.05. The average molecular weight is 277 g/mol. The van der Waals surface area contributed by atoms with E-state index in [1.807, 2.05) is 13.8 Å². The average Bonchev–Trinajstić information content (AvgIpc) is 2.72. The minimum absolute atomic E-state index is 0.0565. The molecule has 0 unspecified atom stereocenters. The Labute approximate surface area is 116 Å². The highest BCUT2D eigenvalue weighted by atomic mass is 16.3. The van der Waals surface area contributed by atoms with Crippen molar-refractivity contribution in [3.8, 4) is 0 Å². The summed E-state index contributed by atoms with van der Waals surface area (Å²) in [5, 5.41) is 3.28. The van der Waals surface area contributed by atoms with Crippen LogP contribution in [0.4, 0.5) is 0 Å². The van der Waals surface area contributed by atoms with Crippen molar-refractivity contribution in [3.05, 3.63) is 28.0 Å². The van der Waals surface area contributed by atoms with Gasteiger partial charge < -0.3 is 9.73 Å². The van der Waals surface area contributed by atoms with Gasteiger partial charge in [0.25, 0.3) is 5.56 Å². The van der Waals surface area contributed by atoms with E-state index in [4.69, 9.17) is 4.42 Å². The van der Waals surface area contributed by atoms with E-state index in [1.165, 1.54) is 10.9 Å². The van der Waals surface area contributed by atoms with Gasteiger partial charge in [0.15, 0.2) is 0 Å². The number of aryl methyl sites for hydroxylation is 3. The Balaban J connectivity index is 2.19. The molecule has 0 bridgehead atoms. The van der Waals surface area contributed by atoms with Crippen LogP contribution in [0.3, 0.4) is 0 Å². The number of hydrogen-bond donors (Lipinski definition) is 1. The molecule has 0 aliphatic rings. The molecule has 0 aromatic carbocycles. The van der Waals surface area contributed by atoms with E-state index in [9.17, 15) is 9.59 Å². The summed E-state index contributed by atoms with van der Waals surface area (Å²) >= 11 is 0. The van der Waals surface area contributed by atoms with Gasteiger partial charge in [0.05, 0.1) is 0 Å². The quantitative estimate of drug-likeness (QED) is 0.899. The topological polar surface area (TPSA) is 77.1 Å². The third-order valence-electron chi connectivity index (χ3n) is 3.31. The lowest BCUT2D eigenvalue weighted by Crippen LogP contribution is -2.28. The molecule has 0 fully saturated rings. The summed E-state index contributed by atoms with van der Waals surface area (Å²) < 4.78 is 6.86. The summed E-state index contributed by atoms with van der Waals surface area (Å²) in [7, 11) is 0. The van der Waals surface area contributed by atoms with E-state index in [0.29, 0.717) is 29.9 Å². The Morgan fingerprint density at radius 2 is 2.20 bits per heavy atom. The Bertz CT molecular complexity index is 685. The number of nitrogens with one attached hydrogen (secondary N) is 1. The molecule has 0 atom stereocenters. The van der Waals surface area contributed by atoms with Crippen LogP contribution in [0.1, 0.15) is 31.1 Å². The predicted octanol–water partition coefficient (Wildman–Crippen LogP) is 1.52. The standard InChI is InChI=1S/C14H19N3O3/c1-4-6-15-11(18)5-7-17-8-16-13-12(14(17)19)9(2)10(3)20-13/h8H,4-7H2,1-3H3,(H,15,18). The lowest BCUT2D eigenvalue weighted by atomic mass is 10.2. The number of aromatic nitrogens is 2. The highest BCUT2D eigenvalue weighted by molar-refractivity contribution is 5.77. The first-order chi connectivity index (χ1) is 9.54. The van der Waals surface area contributed by atoms with Gasteiger partial charge in [-0.15, -0.1) is 0 Å². The van der Waals surface area contributed by atoms with E-state index >= 15 is 0 Å². The molecule has 1 N–H and O–H groups in total. The largest absolute Gasteiger partial charge is 0.443 e. The van der Waals surface area contributed by atoms with Crippen molar-refractivity contribution in [1.82, 2.24) is 14.9 Å². The molecule has 108 valence electrons. The molecule has 0 aliphatic heterocycles. The number of fused-ring (bicyclic) bond motifs is 1. The van der Waals surface area contributed by atoms with Crippen LogP contribution in [0.2, 0.25) is 0 Å². The second kappa shape index (κ2) is 5.90. The Morgan fingerprint density at radius 1 is 1.45 bits per heavy atom. The van der Waals surface area contributed by atoms with Crippen molar-refractivity contribution in [3.63, 3.8) is 0 Å². The van der Waals surface area contributed by atoms with Crippen molar-refractivity contribution in [2.45, 2.75) is 40.2 Å². The summed E-state index contributed by atoms with van der Waals surface area (Å²) in [4.78, 5) is 28.0. The SMILES string of the molecule is CCCNC(=O)CCn1cnc2oc(C)c(C)c2c1=O. The summed E-state index contributed by atoms with van der Waals surface area (Å²) in [6, 6.07) is 0. The maximum Gasteiger partial charge on any atom is 0.264 e. The van der Waals surface area contributed by atoms with Gasteiger partial charge in [-0.3, -0.25) is 14.2 Å². The predicted molar refractivity (Wildman–Crippen MR) is 75.7 cm³/mol. The zero-order chi connectivity index (χ0) is 14.7. The third-order valence-corrected chi connectivity index (χ3v) is 3.31. The minimum atomic E-state index is -0.160. The normalized spacial score (nSPS) is 10.9. The monoisotopic (exact) mass is 277 g/mol. The Hall–Kier alpha value is -2.11. The smallest absolute Gasteiger partial charge is 0.264 e. The first-order valence-electron chi connectivity index (χ1n) is 6.76. The zero-order valence-electron chi connectivity index (χ0n) is 12.0. The highest BCUT2D eigenvalue weighted by Gasteiger charge is 2.14. The summed E-state index contributed by atoms with van der Waals surface area (Å²) in [5.41, 5.74) is 1.01. The molecule has 2 rings (SSSR count). The third kappa shape index (κ3) is 2.74. The Kier molecular flexibility index (Phi) is 4.22. The van der Waals surface area contributed by atoms with Crippen LogP contribution in [-0.4, -0.2) is 22.0 Å². The second-order valence-corrected chi connectivity index (χ2v) is 4.81. The lowest BCUT2D eigenvalue weighted by molar-refractivity contribution is -0.121. The number of furan rings is 1. The van der Waals surface area contributed by atoms with E-state index in [-0.39, 0.29) is 17.9 Å². The first-order valence-corrected chi connectivity index (χ1v) is 6.76. The number of nitrogens with zero attached hydrogens (tertiary/aromatic N) is 2. The molecule has 20 heavy (non-hydrogen) atoms. The molecular formula is C14H19N3O3. The fourth-order valence-corrected chi connectivity index (χ4v) is 2.00. The summed E-state index contributed by atoms with van der Waals surface area (Å²) in [6.45, 7) is 6.61. The van der Waals surface area contributed by atoms with Gasteiger partial charge in [-0.25, -0.2) is 4.98 Å². The van der Waals surface area contributed by atoms with Crippen LogP contribution < -0.4 is 10.9 Å². The zero-order valence-corrected chi connectivity index (χ0v) is 12.0. The molecule has 6 heteroatoms. The van der Waals surface area contributed by atoms with Gasteiger partial charge in [0.2, 0.25) is 11.6 Å². The molecular weight excluding hydrogens is 258 g/mol. The van der Waals surface area contributed by atoms with E-state index in [1.54, 1.807) is 6.92 Å². The van der Waals surface area contributed by atoms with Crippen LogP contribution >= 0.6 is 0 Å². The van der Waals surface area contributed by atoms with Crippen LogP contribution in [0.5, 0.6) is 0 Å². The van der Waals surface area contributed by atoms with Gasteiger partial charge in [0, 0.05) is 25.1 Å². The Morgan fingerprint density at radius 3 is 2.90 bits per heavy atom. The van der Waals surface area contributed by atoms with Gasteiger partial charge in [-0.2, -0.15) is 0 Å². The number of hydrogen-bond acceptors (Lipinski definition) is 4. The van der Waals surface area contributed by atoms with Crippen molar-refractivity contribution < 1.29 is 9.21 Å². The molecule has 0 saturated heterocycles. The van der Waals surface area contributed by atoms with Crippen LogP contribution in [0.25, 0.3) is 11.1 Å². The molecule has 0 spiro atoms. The van der Waals surface area contributed by atoms with E-state index < -0.39 is 0 Å². The van der Waals surface area contributed by atoms with Crippen LogP contribution in [0, 0.1) is 13.8 Å².